The molecule has 3 aromatic carbocycles. The van der Waals surface area contributed by atoms with Gasteiger partial charge in [-0.25, -0.2) is 4.98 Å². The lowest BCUT2D eigenvalue weighted by Gasteiger charge is -2.13. The van der Waals surface area contributed by atoms with Gasteiger partial charge in [0.1, 0.15) is 35.0 Å². The predicted octanol–water partition coefficient (Wildman–Crippen LogP) is 6.17. The van der Waals surface area contributed by atoms with Crippen molar-refractivity contribution in [1.29, 1.82) is 0 Å². The molecule has 0 saturated heterocycles. The summed E-state index contributed by atoms with van der Waals surface area (Å²) in [5.41, 5.74) is 6.26. The van der Waals surface area contributed by atoms with Crippen molar-refractivity contribution in [3.8, 4) is 34.0 Å². The number of fused-ring (bicyclic) bond motifs is 1. The molecule has 184 valence electrons. The van der Waals surface area contributed by atoms with Crippen LogP contribution in [0.4, 0.5) is 0 Å². The molecule has 0 aliphatic carbocycles. The maximum atomic E-state index is 5.86. The van der Waals surface area contributed by atoms with Crippen LogP contribution < -0.4 is 9.47 Å². The summed E-state index contributed by atoms with van der Waals surface area (Å²) in [5.74, 6) is 2.95. The zero-order valence-corrected chi connectivity index (χ0v) is 21.2. The number of aromatic nitrogens is 2. The highest BCUT2D eigenvalue weighted by Crippen LogP contribution is 2.38. The van der Waals surface area contributed by atoms with Crippen LogP contribution in [0.5, 0.6) is 11.5 Å². The van der Waals surface area contributed by atoms with Crippen molar-refractivity contribution in [2.45, 2.75) is 26.3 Å². The Morgan fingerprint density at radius 2 is 1.60 bits per heavy atom. The van der Waals surface area contributed by atoms with Gasteiger partial charge in [-0.05, 0) is 41.3 Å². The van der Waals surface area contributed by atoms with Gasteiger partial charge in [0.05, 0.1) is 20.3 Å². The third kappa shape index (κ3) is 5.34. The van der Waals surface area contributed by atoms with E-state index in [9.17, 15) is 0 Å². The first-order chi connectivity index (χ1) is 17.1. The van der Waals surface area contributed by atoms with Crippen LogP contribution in [-0.2, 0) is 16.0 Å². The lowest BCUT2D eigenvalue weighted by molar-refractivity contribution is 0.146. The molecule has 0 bridgehead atoms. The van der Waals surface area contributed by atoms with Crippen LogP contribution in [0, 0.1) is 0 Å². The van der Waals surface area contributed by atoms with Crippen LogP contribution in [0.15, 0.2) is 60.7 Å². The van der Waals surface area contributed by atoms with Gasteiger partial charge in [-0.15, -0.1) is 0 Å². The fraction of sp³-hybridized carbons (Fsp3) is 0.345. The largest absolute Gasteiger partial charge is 0.494 e. The average molecular weight is 475 g/mol. The standard InChI is InChI=1S/C29H34N2O4/c1-20(2)21-9-11-22(12-10-21)29-30-27-25(23-7-6-8-24(19-23)35-18-17-33-4)13-14-26(34-5)28(27)31(29)15-16-32-3/h6-14,19-20H,15-18H2,1-5H3. The van der Waals surface area contributed by atoms with E-state index in [4.69, 9.17) is 23.9 Å². The normalized spacial score (nSPS) is 11.4. The van der Waals surface area contributed by atoms with Crippen LogP contribution in [0.25, 0.3) is 33.5 Å². The van der Waals surface area contributed by atoms with Crippen LogP contribution in [0.3, 0.4) is 0 Å². The van der Waals surface area contributed by atoms with Crippen LogP contribution >= 0.6 is 0 Å². The zero-order chi connectivity index (χ0) is 24.8. The number of imidazole rings is 1. The van der Waals surface area contributed by atoms with E-state index < -0.39 is 0 Å². The van der Waals surface area contributed by atoms with Gasteiger partial charge in [-0.3, -0.25) is 0 Å². The Bertz CT molecular complexity index is 1260. The third-order valence-electron chi connectivity index (χ3n) is 6.13. The molecule has 0 amide bonds. The Kier molecular flexibility index (Phi) is 8.06. The number of hydrogen-bond acceptors (Lipinski definition) is 5. The Morgan fingerprint density at radius 1 is 0.829 bits per heavy atom. The Hall–Kier alpha value is -3.35. The molecular formula is C29H34N2O4. The maximum absolute atomic E-state index is 5.86. The molecule has 0 fully saturated rings. The second kappa shape index (κ2) is 11.4. The van der Waals surface area contributed by atoms with E-state index in [-0.39, 0.29) is 0 Å². The number of benzene rings is 3. The van der Waals surface area contributed by atoms with E-state index in [1.807, 2.05) is 24.3 Å². The van der Waals surface area contributed by atoms with E-state index >= 15 is 0 Å². The SMILES string of the molecule is COCCOc1cccc(-c2ccc(OC)c3c2nc(-c2ccc(C(C)C)cc2)n3CCOC)c1. The van der Waals surface area contributed by atoms with Crippen molar-refractivity contribution >= 4 is 11.0 Å². The molecule has 0 N–H and O–H groups in total. The highest BCUT2D eigenvalue weighted by Gasteiger charge is 2.20. The van der Waals surface area contributed by atoms with Gasteiger partial charge in [-0.2, -0.15) is 0 Å². The summed E-state index contributed by atoms with van der Waals surface area (Å²) < 4.78 is 24.4. The molecule has 4 aromatic rings. The molecule has 6 nitrogen and oxygen atoms in total. The van der Waals surface area contributed by atoms with E-state index in [0.717, 1.165) is 45.0 Å². The Labute approximate surface area is 207 Å². The van der Waals surface area contributed by atoms with Crippen molar-refractivity contribution < 1.29 is 18.9 Å². The predicted molar refractivity (Wildman–Crippen MR) is 140 cm³/mol. The lowest BCUT2D eigenvalue weighted by atomic mass is 10.0. The second-order valence-corrected chi connectivity index (χ2v) is 8.74. The highest BCUT2D eigenvalue weighted by molar-refractivity contribution is 5.98. The molecule has 4 rings (SSSR count). The molecule has 1 aromatic heterocycles. The maximum Gasteiger partial charge on any atom is 0.144 e. The minimum absolute atomic E-state index is 0.474. The fourth-order valence-electron chi connectivity index (χ4n) is 4.24. The first-order valence-corrected chi connectivity index (χ1v) is 12.0. The van der Waals surface area contributed by atoms with Gasteiger partial charge in [-0.1, -0.05) is 50.2 Å². The molecule has 0 spiro atoms. The van der Waals surface area contributed by atoms with Crippen LogP contribution in [0.2, 0.25) is 0 Å². The first-order valence-electron chi connectivity index (χ1n) is 12.0. The Morgan fingerprint density at radius 3 is 2.29 bits per heavy atom. The van der Waals surface area contributed by atoms with Gasteiger partial charge in [0.15, 0.2) is 0 Å². The van der Waals surface area contributed by atoms with Crippen molar-refractivity contribution in [3.05, 3.63) is 66.2 Å². The summed E-state index contributed by atoms with van der Waals surface area (Å²) in [4.78, 5) is 5.17. The molecule has 0 saturated carbocycles. The van der Waals surface area contributed by atoms with Crippen molar-refractivity contribution in [1.82, 2.24) is 9.55 Å². The van der Waals surface area contributed by atoms with Crippen molar-refractivity contribution in [3.63, 3.8) is 0 Å². The third-order valence-corrected chi connectivity index (χ3v) is 6.13. The fourth-order valence-corrected chi connectivity index (χ4v) is 4.24. The molecule has 6 heteroatoms. The summed E-state index contributed by atoms with van der Waals surface area (Å²) in [5, 5.41) is 0. The topological polar surface area (TPSA) is 54.7 Å². The molecule has 0 unspecified atom stereocenters. The number of rotatable bonds is 11. The van der Waals surface area contributed by atoms with Gasteiger partial charge in [0.2, 0.25) is 0 Å². The smallest absolute Gasteiger partial charge is 0.144 e. The van der Waals surface area contributed by atoms with E-state index in [1.54, 1.807) is 21.3 Å². The van der Waals surface area contributed by atoms with Crippen LogP contribution in [-0.4, -0.2) is 50.7 Å². The van der Waals surface area contributed by atoms with Gasteiger partial charge in [0, 0.05) is 31.9 Å². The van der Waals surface area contributed by atoms with E-state index in [1.165, 1.54) is 5.56 Å². The number of hydrogen-bond donors (Lipinski definition) is 0. The molecule has 1 heterocycles. The highest BCUT2D eigenvalue weighted by atomic mass is 16.5. The molecule has 0 atom stereocenters. The minimum Gasteiger partial charge on any atom is -0.494 e. The van der Waals surface area contributed by atoms with Crippen molar-refractivity contribution in [2.75, 3.05) is 41.2 Å². The first kappa shape index (κ1) is 24.8. The molecular weight excluding hydrogens is 440 g/mol. The van der Waals surface area contributed by atoms with Crippen LogP contribution in [0.1, 0.15) is 25.3 Å². The molecule has 0 aliphatic heterocycles. The van der Waals surface area contributed by atoms with E-state index in [0.29, 0.717) is 32.3 Å². The summed E-state index contributed by atoms with van der Waals surface area (Å²) in [7, 11) is 5.08. The van der Waals surface area contributed by atoms with Gasteiger partial charge < -0.3 is 23.5 Å². The van der Waals surface area contributed by atoms with E-state index in [2.05, 4.69) is 54.8 Å². The van der Waals surface area contributed by atoms with Crippen molar-refractivity contribution in [2.24, 2.45) is 0 Å². The average Bonchev–Trinajstić information content (AvgIpc) is 3.27. The van der Waals surface area contributed by atoms with Gasteiger partial charge >= 0.3 is 0 Å². The Balaban J connectivity index is 1.87. The zero-order valence-electron chi connectivity index (χ0n) is 21.2. The minimum atomic E-state index is 0.474. The number of methoxy groups -OCH3 is 3. The molecule has 0 radical (unpaired) electrons. The molecule has 0 aliphatic rings. The number of nitrogens with zero attached hydrogens (tertiary/aromatic N) is 2. The summed E-state index contributed by atoms with van der Waals surface area (Å²) in [6.07, 6.45) is 0. The summed E-state index contributed by atoms with van der Waals surface area (Å²) in [6.45, 7) is 6.67. The summed E-state index contributed by atoms with van der Waals surface area (Å²) >= 11 is 0. The monoisotopic (exact) mass is 474 g/mol. The second-order valence-electron chi connectivity index (χ2n) is 8.74. The molecule has 35 heavy (non-hydrogen) atoms. The quantitative estimate of drug-likeness (QED) is 0.243. The lowest BCUT2D eigenvalue weighted by Crippen LogP contribution is -2.07. The summed E-state index contributed by atoms with van der Waals surface area (Å²) in [6, 6.07) is 20.8. The van der Waals surface area contributed by atoms with Gasteiger partial charge in [0.25, 0.3) is 0 Å². The number of ether oxygens (including phenoxy) is 4.